The number of allylic oxidation sites excluding steroid dienone is 2. The lowest BCUT2D eigenvalue weighted by Crippen LogP contribution is -2.21. The van der Waals surface area contributed by atoms with Gasteiger partial charge in [-0.05, 0) is 65.9 Å². The summed E-state index contributed by atoms with van der Waals surface area (Å²) in [5.74, 6) is 0.00736. The molecule has 0 radical (unpaired) electrons. The van der Waals surface area contributed by atoms with E-state index in [-0.39, 0.29) is 46.3 Å². The minimum Gasteiger partial charge on any atom is -0.486 e. The second kappa shape index (κ2) is 10.5. The molecule has 0 saturated heterocycles. The molecule has 1 atom stereocenters. The number of hydrogen-bond acceptors (Lipinski definition) is 6. The highest BCUT2D eigenvalue weighted by atomic mass is 32.2. The predicted molar refractivity (Wildman–Crippen MR) is 140 cm³/mol. The van der Waals surface area contributed by atoms with Crippen molar-refractivity contribution in [2.75, 3.05) is 17.9 Å². The van der Waals surface area contributed by atoms with E-state index >= 15 is 0 Å². The Morgan fingerprint density at radius 3 is 2.50 bits per heavy atom. The van der Waals surface area contributed by atoms with Gasteiger partial charge in [-0.1, -0.05) is 31.2 Å². The van der Waals surface area contributed by atoms with Crippen molar-refractivity contribution in [3.8, 4) is 11.5 Å². The molecule has 1 aliphatic heterocycles. The topological polar surface area (TPSA) is 98.8 Å². The first kappa shape index (κ1) is 27.4. The number of ketones is 2. The molecular formula is C29H24F3NO6S. The van der Waals surface area contributed by atoms with E-state index in [9.17, 15) is 31.2 Å². The van der Waals surface area contributed by atoms with Crippen molar-refractivity contribution in [3.63, 3.8) is 0 Å². The molecule has 40 heavy (non-hydrogen) atoms. The van der Waals surface area contributed by atoms with Gasteiger partial charge in [0.05, 0.1) is 16.0 Å². The van der Waals surface area contributed by atoms with Gasteiger partial charge in [-0.3, -0.25) is 14.3 Å². The van der Waals surface area contributed by atoms with E-state index in [0.717, 1.165) is 23.8 Å². The fourth-order valence-corrected chi connectivity index (χ4v) is 5.72. The molecule has 0 fully saturated rings. The van der Waals surface area contributed by atoms with Crippen LogP contribution in [0, 0.1) is 0 Å². The van der Waals surface area contributed by atoms with Crippen molar-refractivity contribution < 1.29 is 40.7 Å². The lowest BCUT2D eigenvalue weighted by atomic mass is 9.85. The number of Topliss-reactive ketones (excluding diaryl/α,β-unsaturated/α-hetero) is 2. The van der Waals surface area contributed by atoms with Crippen LogP contribution in [0.15, 0.2) is 77.2 Å². The molecule has 208 valence electrons. The zero-order valence-corrected chi connectivity index (χ0v) is 22.1. The molecule has 0 spiro atoms. The summed E-state index contributed by atoms with van der Waals surface area (Å²) in [4.78, 5) is 26.1. The van der Waals surface area contributed by atoms with Gasteiger partial charge in [0.15, 0.2) is 23.1 Å². The average Bonchev–Trinajstić information content (AvgIpc) is 2.92. The van der Waals surface area contributed by atoms with Gasteiger partial charge in [0, 0.05) is 17.7 Å². The third kappa shape index (κ3) is 5.60. The van der Waals surface area contributed by atoms with Crippen LogP contribution in [-0.4, -0.2) is 33.2 Å². The second-order valence-corrected chi connectivity index (χ2v) is 11.3. The molecule has 3 aromatic carbocycles. The van der Waals surface area contributed by atoms with Crippen LogP contribution in [0.3, 0.4) is 0 Å². The van der Waals surface area contributed by atoms with Crippen LogP contribution < -0.4 is 14.2 Å². The van der Waals surface area contributed by atoms with Crippen LogP contribution in [0.1, 0.15) is 46.3 Å². The lowest BCUT2D eigenvalue weighted by Gasteiger charge is -2.21. The van der Waals surface area contributed by atoms with Gasteiger partial charge in [0.1, 0.15) is 13.2 Å². The highest BCUT2D eigenvalue weighted by molar-refractivity contribution is 7.92. The number of carbonyl (C=O) groups is 2. The lowest BCUT2D eigenvalue weighted by molar-refractivity contribution is -0.137. The molecule has 0 bridgehead atoms. The van der Waals surface area contributed by atoms with Gasteiger partial charge in [-0.25, -0.2) is 8.42 Å². The van der Waals surface area contributed by atoms with E-state index in [1.165, 1.54) is 18.2 Å². The number of carbonyl (C=O) groups excluding carboxylic acids is 2. The molecule has 0 amide bonds. The minimum atomic E-state index is -4.64. The summed E-state index contributed by atoms with van der Waals surface area (Å²) in [6.07, 6.45) is -2.81. The number of fused-ring (bicyclic) bond motifs is 2. The van der Waals surface area contributed by atoms with Gasteiger partial charge in [-0.15, -0.1) is 0 Å². The van der Waals surface area contributed by atoms with E-state index in [2.05, 4.69) is 4.72 Å². The maximum Gasteiger partial charge on any atom is 0.416 e. The molecular weight excluding hydrogens is 547 g/mol. The van der Waals surface area contributed by atoms with E-state index in [1.807, 2.05) is 19.1 Å². The first-order valence-electron chi connectivity index (χ1n) is 12.4. The molecule has 1 aliphatic carbocycles. The maximum atomic E-state index is 13.3. The quantitative estimate of drug-likeness (QED) is 0.365. The number of alkyl halides is 3. The molecule has 3 aromatic rings. The van der Waals surface area contributed by atoms with Gasteiger partial charge in [0.25, 0.3) is 10.0 Å². The largest absolute Gasteiger partial charge is 0.486 e. The summed E-state index contributed by atoms with van der Waals surface area (Å²) in [5, 5.41) is 0. The first-order chi connectivity index (χ1) is 18.9. The number of nitrogens with one attached hydrogen (secondary N) is 1. The monoisotopic (exact) mass is 571 g/mol. The highest BCUT2D eigenvalue weighted by Crippen LogP contribution is 2.35. The van der Waals surface area contributed by atoms with E-state index < -0.39 is 27.5 Å². The number of rotatable bonds is 7. The van der Waals surface area contributed by atoms with Gasteiger partial charge in [-0.2, -0.15) is 13.2 Å². The smallest absolute Gasteiger partial charge is 0.416 e. The van der Waals surface area contributed by atoms with Gasteiger partial charge in [0.2, 0.25) is 0 Å². The molecule has 1 unspecified atom stereocenters. The Balaban J connectivity index is 1.33. The van der Waals surface area contributed by atoms with Crippen LogP contribution in [0.2, 0.25) is 0 Å². The number of hydrogen-bond donors (Lipinski definition) is 1. The van der Waals surface area contributed by atoms with Gasteiger partial charge < -0.3 is 9.47 Å². The number of ether oxygens (including phenoxy) is 2. The molecule has 5 rings (SSSR count). The summed E-state index contributed by atoms with van der Waals surface area (Å²) >= 11 is 0. The number of benzene rings is 3. The summed E-state index contributed by atoms with van der Waals surface area (Å²) < 4.78 is 78.3. The third-order valence-corrected chi connectivity index (χ3v) is 8.16. The molecule has 2 aliphatic rings. The summed E-state index contributed by atoms with van der Waals surface area (Å²) in [6, 6.07) is 13.1. The molecule has 1 heterocycles. The fraction of sp³-hybridized carbons (Fsp3) is 0.241. The number of anilines is 1. The Morgan fingerprint density at radius 2 is 1.75 bits per heavy atom. The Morgan fingerprint density at radius 1 is 1.00 bits per heavy atom. The molecule has 11 heteroatoms. The number of halogens is 3. The Hall–Kier alpha value is -4.12. The first-order valence-corrected chi connectivity index (χ1v) is 13.9. The molecule has 1 N–H and O–H groups in total. The third-order valence-electron chi connectivity index (χ3n) is 6.78. The second-order valence-electron chi connectivity index (χ2n) is 9.59. The van der Waals surface area contributed by atoms with E-state index in [0.29, 0.717) is 36.3 Å². The standard InChI is InChI=1S/C29H24F3NO6S/c1-17(19-7-10-26-27(14-19)39-12-11-38-26)13-25(34)23-9-6-18-5-8-22(16-24(18)28(23)35)40(36,37)33-21-4-2-3-20(15-21)29(30,31)32/h2-5,7-10,14-17,33H,6,11-13H2,1H3. The van der Waals surface area contributed by atoms with Crippen LogP contribution in [-0.2, 0) is 27.4 Å². The molecule has 7 nitrogen and oxygen atoms in total. The van der Waals surface area contributed by atoms with Crippen molar-refractivity contribution in [1.82, 2.24) is 0 Å². The number of sulfonamides is 1. The Labute approximate surface area is 228 Å². The molecule has 0 aromatic heterocycles. The normalized spacial score (nSPS) is 15.6. The zero-order valence-electron chi connectivity index (χ0n) is 21.2. The zero-order chi connectivity index (χ0) is 28.7. The van der Waals surface area contributed by atoms with Crippen molar-refractivity contribution in [1.29, 1.82) is 0 Å². The maximum absolute atomic E-state index is 13.3. The van der Waals surface area contributed by atoms with Gasteiger partial charge >= 0.3 is 6.18 Å². The highest BCUT2D eigenvalue weighted by Gasteiger charge is 2.31. The molecule has 0 saturated carbocycles. The summed E-state index contributed by atoms with van der Waals surface area (Å²) in [7, 11) is -4.33. The SMILES string of the molecule is CC(CC(=O)C1=CCc2ccc(S(=O)(=O)Nc3cccc(C(F)(F)F)c3)cc2C1=O)c1ccc2c(c1)OCCO2. The average molecular weight is 572 g/mol. The minimum absolute atomic E-state index is 0.0303. The Kier molecular flexibility index (Phi) is 7.17. The predicted octanol–water partition coefficient (Wildman–Crippen LogP) is 5.71. The summed E-state index contributed by atoms with van der Waals surface area (Å²) in [6.45, 7) is 2.75. The van der Waals surface area contributed by atoms with Crippen molar-refractivity contribution in [2.24, 2.45) is 0 Å². The van der Waals surface area contributed by atoms with Crippen LogP contribution >= 0.6 is 0 Å². The Bertz CT molecular complexity index is 1650. The van der Waals surface area contributed by atoms with Crippen molar-refractivity contribution >= 4 is 27.3 Å². The van der Waals surface area contributed by atoms with E-state index in [4.69, 9.17) is 9.47 Å². The fourth-order valence-electron chi connectivity index (χ4n) is 4.65. The summed E-state index contributed by atoms with van der Waals surface area (Å²) in [5.41, 5.74) is 0.132. The van der Waals surface area contributed by atoms with E-state index in [1.54, 1.807) is 12.1 Å². The van der Waals surface area contributed by atoms with Crippen molar-refractivity contribution in [2.45, 2.75) is 36.8 Å². The van der Waals surface area contributed by atoms with Crippen LogP contribution in [0.4, 0.5) is 18.9 Å². The van der Waals surface area contributed by atoms with Crippen LogP contribution in [0.5, 0.6) is 11.5 Å². The van der Waals surface area contributed by atoms with Crippen LogP contribution in [0.25, 0.3) is 0 Å². The van der Waals surface area contributed by atoms with Crippen molar-refractivity contribution in [3.05, 3.63) is 94.6 Å².